The van der Waals surface area contributed by atoms with Gasteiger partial charge in [-0.15, -0.1) is 0 Å². The SMILES string of the molecule is CCCNC(=O)CNC(=O)N1CCC(CC)(C(=O)O)CC1. The van der Waals surface area contributed by atoms with Crippen molar-refractivity contribution >= 4 is 17.9 Å². The van der Waals surface area contributed by atoms with Gasteiger partial charge in [0.15, 0.2) is 0 Å². The minimum absolute atomic E-state index is 0.0484. The Morgan fingerprint density at radius 3 is 2.24 bits per heavy atom. The third-order valence-corrected chi connectivity index (χ3v) is 4.11. The third-order valence-electron chi connectivity index (χ3n) is 4.11. The van der Waals surface area contributed by atoms with Crippen molar-refractivity contribution in [1.29, 1.82) is 0 Å². The monoisotopic (exact) mass is 299 g/mol. The molecule has 0 saturated carbocycles. The van der Waals surface area contributed by atoms with Crippen LogP contribution in [0.4, 0.5) is 4.79 Å². The number of likely N-dealkylation sites (tertiary alicyclic amines) is 1. The van der Waals surface area contributed by atoms with Crippen LogP contribution in [-0.4, -0.2) is 54.1 Å². The van der Waals surface area contributed by atoms with Crippen LogP contribution in [-0.2, 0) is 9.59 Å². The molecule has 0 bridgehead atoms. The number of carboxylic acids is 1. The molecule has 3 N–H and O–H groups in total. The highest BCUT2D eigenvalue weighted by Crippen LogP contribution is 2.35. The van der Waals surface area contributed by atoms with E-state index in [1.807, 2.05) is 13.8 Å². The first-order chi connectivity index (χ1) is 9.95. The van der Waals surface area contributed by atoms with Crippen molar-refractivity contribution in [2.45, 2.75) is 39.5 Å². The Labute approximate surface area is 125 Å². The molecule has 7 nitrogen and oxygen atoms in total. The topological polar surface area (TPSA) is 98.7 Å². The van der Waals surface area contributed by atoms with Gasteiger partial charge in [0.25, 0.3) is 0 Å². The van der Waals surface area contributed by atoms with Gasteiger partial charge in [0.1, 0.15) is 0 Å². The Kier molecular flexibility index (Phi) is 6.45. The van der Waals surface area contributed by atoms with Crippen LogP contribution in [0.5, 0.6) is 0 Å². The van der Waals surface area contributed by atoms with Gasteiger partial charge < -0.3 is 20.6 Å². The number of amides is 3. The molecule has 0 radical (unpaired) electrons. The maximum absolute atomic E-state index is 11.9. The highest BCUT2D eigenvalue weighted by atomic mass is 16.4. The molecule has 3 amide bonds. The van der Waals surface area contributed by atoms with Gasteiger partial charge in [0, 0.05) is 19.6 Å². The molecular formula is C14H25N3O4. The number of carbonyl (C=O) groups is 3. The Morgan fingerprint density at radius 1 is 1.14 bits per heavy atom. The highest BCUT2D eigenvalue weighted by Gasteiger charge is 2.40. The van der Waals surface area contributed by atoms with E-state index >= 15 is 0 Å². The van der Waals surface area contributed by atoms with Crippen LogP contribution in [0, 0.1) is 5.41 Å². The van der Waals surface area contributed by atoms with Crippen LogP contribution in [0.2, 0.25) is 0 Å². The number of rotatable bonds is 6. The van der Waals surface area contributed by atoms with E-state index in [2.05, 4.69) is 10.6 Å². The van der Waals surface area contributed by atoms with Crippen LogP contribution in [0.25, 0.3) is 0 Å². The first kappa shape index (κ1) is 17.3. The normalized spacial score (nSPS) is 17.1. The smallest absolute Gasteiger partial charge is 0.317 e. The molecule has 1 saturated heterocycles. The largest absolute Gasteiger partial charge is 0.481 e. The maximum atomic E-state index is 11.9. The average molecular weight is 299 g/mol. The summed E-state index contributed by atoms with van der Waals surface area (Å²) in [6.07, 6.45) is 2.32. The first-order valence-corrected chi connectivity index (χ1v) is 7.48. The fourth-order valence-electron chi connectivity index (χ4n) is 2.45. The van der Waals surface area contributed by atoms with E-state index in [1.165, 1.54) is 0 Å². The maximum Gasteiger partial charge on any atom is 0.317 e. The quantitative estimate of drug-likeness (QED) is 0.675. The van der Waals surface area contributed by atoms with E-state index < -0.39 is 11.4 Å². The van der Waals surface area contributed by atoms with Crippen LogP contribution < -0.4 is 10.6 Å². The molecule has 1 rings (SSSR count). The van der Waals surface area contributed by atoms with Gasteiger partial charge in [-0.05, 0) is 25.7 Å². The molecule has 0 aromatic heterocycles. The summed E-state index contributed by atoms with van der Waals surface area (Å²) in [5.74, 6) is -1.00. The lowest BCUT2D eigenvalue weighted by molar-refractivity contribution is -0.151. The van der Waals surface area contributed by atoms with Crippen molar-refractivity contribution in [3.05, 3.63) is 0 Å². The molecular weight excluding hydrogens is 274 g/mol. The lowest BCUT2D eigenvalue weighted by atomic mass is 9.76. The Balaban J connectivity index is 2.38. The highest BCUT2D eigenvalue weighted by molar-refractivity contribution is 5.84. The van der Waals surface area contributed by atoms with E-state index in [9.17, 15) is 19.5 Å². The van der Waals surface area contributed by atoms with Gasteiger partial charge in [-0.1, -0.05) is 13.8 Å². The molecule has 21 heavy (non-hydrogen) atoms. The van der Waals surface area contributed by atoms with E-state index in [0.717, 1.165) is 6.42 Å². The van der Waals surface area contributed by atoms with Gasteiger partial charge in [-0.25, -0.2) is 4.79 Å². The molecule has 0 atom stereocenters. The number of nitrogens with one attached hydrogen (secondary N) is 2. The van der Waals surface area contributed by atoms with Crippen molar-refractivity contribution in [3.63, 3.8) is 0 Å². The van der Waals surface area contributed by atoms with E-state index in [0.29, 0.717) is 38.9 Å². The lowest BCUT2D eigenvalue weighted by Crippen LogP contribution is -2.50. The van der Waals surface area contributed by atoms with E-state index in [-0.39, 0.29) is 18.5 Å². The predicted molar refractivity (Wildman–Crippen MR) is 77.9 cm³/mol. The number of carboxylic acid groups (broad SMARTS) is 1. The summed E-state index contributed by atoms with van der Waals surface area (Å²) in [5.41, 5.74) is -0.713. The van der Waals surface area contributed by atoms with E-state index in [1.54, 1.807) is 4.90 Å². The second kappa shape index (κ2) is 7.85. The molecule has 1 heterocycles. The fourth-order valence-corrected chi connectivity index (χ4v) is 2.45. The molecule has 7 heteroatoms. The summed E-state index contributed by atoms with van der Waals surface area (Å²) < 4.78 is 0. The van der Waals surface area contributed by atoms with Gasteiger partial charge in [0.05, 0.1) is 12.0 Å². The van der Waals surface area contributed by atoms with Gasteiger partial charge in [0.2, 0.25) is 5.91 Å². The summed E-state index contributed by atoms with van der Waals surface area (Å²) in [6.45, 7) is 5.17. The van der Waals surface area contributed by atoms with Crippen LogP contribution in [0.3, 0.4) is 0 Å². The standard InChI is InChI=1S/C14H25N3O4/c1-3-7-15-11(18)10-16-13(21)17-8-5-14(4-2,6-9-17)12(19)20/h3-10H2,1-2H3,(H,15,18)(H,16,21)(H,19,20). The Bertz CT molecular complexity index is 390. The number of carbonyl (C=O) groups excluding carboxylic acids is 2. The number of hydrogen-bond acceptors (Lipinski definition) is 3. The fraction of sp³-hybridized carbons (Fsp3) is 0.786. The first-order valence-electron chi connectivity index (χ1n) is 7.48. The third kappa shape index (κ3) is 4.61. The van der Waals surface area contributed by atoms with Gasteiger partial charge in [-0.2, -0.15) is 0 Å². The lowest BCUT2D eigenvalue weighted by Gasteiger charge is -2.38. The molecule has 1 fully saturated rings. The molecule has 1 aliphatic heterocycles. The molecule has 0 aromatic carbocycles. The molecule has 0 aromatic rings. The zero-order valence-corrected chi connectivity index (χ0v) is 12.8. The van der Waals surface area contributed by atoms with Crippen molar-refractivity contribution in [3.8, 4) is 0 Å². The molecule has 0 spiro atoms. The Hall–Kier alpha value is -1.79. The minimum atomic E-state index is -0.788. The summed E-state index contributed by atoms with van der Waals surface area (Å²) in [5, 5.41) is 14.5. The van der Waals surface area contributed by atoms with Crippen molar-refractivity contribution < 1.29 is 19.5 Å². The van der Waals surface area contributed by atoms with Crippen LogP contribution >= 0.6 is 0 Å². The van der Waals surface area contributed by atoms with Gasteiger partial charge in [-0.3, -0.25) is 9.59 Å². The molecule has 1 aliphatic rings. The van der Waals surface area contributed by atoms with Crippen LogP contribution in [0.15, 0.2) is 0 Å². The van der Waals surface area contributed by atoms with Crippen molar-refractivity contribution in [2.75, 3.05) is 26.2 Å². The molecule has 0 aliphatic carbocycles. The number of urea groups is 1. The zero-order chi connectivity index (χ0) is 15.9. The van der Waals surface area contributed by atoms with Gasteiger partial charge >= 0.3 is 12.0 Å². The number of hydrogen-bond donors (Lipinski definition) is 3. The Morgan fingerprint density at radius 2 is 1.76 bits per heavy atom. The number of aliphatic carboxylic acids is 1. The van der Waals surface area contributed by atoms with Crippen LogP contribution in [0.1, 0.15) is 39.5 Å². The second-order valence-electron chi connectivity index (χ2n) is 5.43. The summed E-state index contributed by atoms with van der Waals surface area (Å²) in [4.78, 5) is 36.2. The molecule has 0 unspecified atom stereocenters. The summed E-state index contributed by atoms with van der Waals surface area (Å²) in [7, 11) is 0. The van der Waals surface area contributed by atoms with Crippen molar-refractivity contribution in [2.24, 2.45) is 5.41 Å². The minimum Gasteiger partial charge on any atom is -0.481 e. The zero-order valence-electron chi connectivity index (χ0n) is 12.8. The number of piperidine rings is 1. The van der Waals surface area contributed by atoms with E-state index in [4.69, 9.17) is 0 Å². The average Bonchev–Trinajstić information content (AvgIpc) is 2.50. The summed E-state index contributed by atoms with van der Waals surface area (Å²) >= 11 is 0. The van der Waals surface area contributed by atoms with Crippen molar-refractivity contribution in [1.82, 2.24) is 15.5 Å². The predicted octanol–water partition coefficient (Wildman–Crippen LogP) is 0.799. The number of nitrogens with zero attached hydrogens (tertiary/aromatic N) is 1. The summed E-state index contributed by atoms with van der Waals surface area (Å²) in [6, 6.07) is -0.309. The molecule has 120 valence electrons. The second-order valence-corrected chi connectivity index (χ2v) is 5.43.